The normalized spacial score (nSPS) is 16.6. The van der Waals surface area contributed by atoms with E-state index in [1.54, 1.807) is 26.0 Å². The molecule has 3 amide bonds. The standard InChI is InChI=1S/C25H34N2O4Si/c1-24(2,3)32(6,7)31-18-17-30-21-15-13-20(14-16-21)27-23(29)26(22(28)25(27,4)5)19-11-9-8-10-12-19/h8-16H,17-18H2,1-7H3. The molecule has 1 fully saturated rings. The van der Waals surface area contributed by atoms with Crippen LogP contribution in [0.4, 0.5) is 16.2 Å². The molecule has 1 heterocycles. The number of carbonyl (C=O) groups is 2. The highest BCUT2D eigenvalue weighted by atomic mass is 28.4. The quantitative estimate of drug-likeness (QED) is 0.300. The lowest BCUT2D eigenvalue weighted by molar-refractivity contribution is -0.120. The van der Waals surface area contributed by atoms with Gasteiger partial charge in [0, 0.05) is 5.69 Å². The van der Waals surface area contributed by atoms with Crippen molar-refractivity contribution in [1.29, 1.82) is 0 Å². The zero-order valence-corrected chi connectivity index (χ0v) is 21.1. The van der Waals surface area contributed by atoms with Crippen molar-refractivity contribution in [3.05, 3.63) is 54.6 Å². The summed E-state index contributed by atoms with van der Waals surface area (Å²) in [4.78, 5) is 29.0. The third-order valence-corrected chi connectivity index (χ3v) is 10.9. The Hall–Kier alpha value is -2.64. The molecule has 0 unspecified atom stereocenters. The monoisotopic (exact) mass is 454 g/mol. The van der Waals surface area contributed by atoms with Crippen molar-refractivity contribution in [2.45, 2.75) is 58.3 Å². The summed E-state index contributed by atoms with van der Waals surface area (Å²) in [6.07, 6.45) is 0. The van der Waals surface area contributed by atoms with E-state index in [0.717, 1.165) is 0 Å². The Kier molecular flexibility index (Phi) is 6.54. The maximum Gasteiger partial charge on any atom is 0.336 e. The lowest BCUT2D eigenvalue weighted by Gasteiger charge is -2.36. The average Bonchev–Trinajstić information content (AvgIpc) is 2.90. The van der Waals surface area contributed by atoms with E-state index >= 15 is 0 Å². The van der Waals surface area contributed by atoms with Crippen molar-refractivity contribution in [3.63, 3.8) is 0 Å². The van der Waals surface area contributed by atoms with Crippen molar-refractivity contribution in [2.75, 3.05) is 23.0 Å². The summed E-state index contributed by atoms with van der Waals surface area (Å²) in [7, 11) is -1.80. The van der Waals surface area contributed by atoms with Gasteiger partial charge in [-0.05, 0) is 68.4 Å². The lowest BCUT2D eigenvalue weighted by Crippen LogP contribution is -2.44. The summed E-state index contributed by atoms with van der Waals surface area (Å²) in [6.45, 7) is 15.6. The van der Waals surface area contributed by atoms with Crippen LogP contribution in [0.15, 0.2) is 54.6 Å². The van der Waals surface area contributed by atoms with Gasteiger partial charge >= 0.3 is 6.03 Å². The Bertz CT molecular complexity index is 966. The minimum absolute atomic E-state index is 0.161. The third kappa shape index (κ3) is 4.59. The Morgan fingerprint density at radius 2 is 1.47 bits per heavy atom. The van der Waals surface area contributed by atoms with Crippen LogP contribution in [0.2, 0.25) is 18.1 Å². The van der Waals surface area contributed by atoms with Crippen molar-refractivity contribution in [3.8, 4) is 5.75 Å². The second-order valence-corrected chi connectivity index (χ2v) is 14.9. The molecule has 0 aromatic heterocycles. The van der Waals surface area contributed by atoms with Crippen LogP contribution in [-0.4, -0.2) is 39.0 Å². The van der Waals surface area contributed by atoms with Crippen molar-refractivity contribution in [2.24, 2.45) is 0 Å². The van der Waals surface area contributed by atoms with E-state index in [9.17, 15) is 9.59 Å². The SMILES string of the molecule is CC1(C)C(=O)N(c2ccccc2)C(=O)N1c1ccc(OCCO[Si](C)(C)C(C)(C)C)cc1. The van der Waals surface area contributed by atoms with Crippen LogP contribution in [-0.2, 0) is 9.22 Å². The van der Waals surface area contributed by atoms with Gasteiger partial charge in [0.05, 0.1) is 12.3 Å². The van der Waals surface area contributed by atoms with Crippen molar-refractivity contribution >= 4 is 31.6 Å². The summed E-state index contributed by atoms with van der Waals surface area (Å²) in [5.74, 6) is 0.445. The number of ether oxygens (including phenoxy) is 1. The first-order valence-electron chi connectivity index (χ1n) is 11.0. The van der Waals surface area contributed by atoms with Gasteiger partial charge in [0.1, 0.15) is 17.9 Å². The summed E-state index contributed by atoms with van der Waals surface area (Å²) in [5, 5.41) is 0.161. The summed E-state index contributed by atoms with van der Waals surface area (Å²) in [6, 6.07) is 15.9. The van der Waals surface area contributed by atoms with Crippen LogP contribution in [0.5, 0.6) is 5.75 Å². The van der Waals surface area contributed by atoms with E-state index in [1.165, 1.54) is 9.80 Å². The molecule has 0 bridgehead atoms. The van der Waals surface area contributed by atoms with Gasteiger partial charge in [0.25, 0.3) is 5.91 Å². The predicted molar refractivity (Wildman–Crippen MR) is 131 cm³/mol. The number of rotatable bonds is 7. The van der Waals surface area contributed by atoms with Gasteiger partial charge in [-0.1, -0.05) is 39.0 Å². The Balaban J connectivity index is 1.68. The highest BCUT2D eigenvalue weighted by Crippen LogP contribution is 2.37. The molecule has 1 aliphatic rings. The van der Waals surface area contributed by atoms with Crippen LogP contribution in [0.25, 0.3) is 0 Å². The van der Waals surface area contributed by atoms with Gasteiger partial charge in [0.2, 0.25) is 0 Å². The largest absolute Gasteiger partial charge is 0.491 e. The van der Waals surface area contributed by atoms with Crippen LogP contribution in [0.3, 0.4) is 0 Å². The molecule has 32 heavy (non-hydrogen) atoms. The van der Waals surface area contributed by atoms with Gasteiger partial charge < -0.3 is 9.16 Å². The molecule has 2 aromatic rings. The fraction of sp³-hybridized carbons (Fsp3) is 0.440. The average molecular weight is 455 g/mol. The van der Waals surface area contributed by atoms with Crippen LogP contribution < -0.4 is 14.5 Å². The predicted octanol–water partition coefficient (Wildman–Crippen LogP) is 5.84. The van der Waals surface area contributed by atoms with Gasteiger partial charge in [-0.2, -0.15) is 0 Å². The highest BCUT2D eigenvalue weighted by molar-refractivity contribution is 6.74. The van der Waals surface area contributed by atoms with E-state index < -0.39 is 13.9 Å². The molecule has 1 saturated heterocycles. The first-order chi connectivity index (χ1) is 14.9. The number of nitrogens with zero attached hydrogens (tertiary/aromatic N) is 2. The molecule has 0 radical (unpaired) electrons. The number of para-hydroxylation sites is 1. The summed E-state index contributed by atoms with van der Waals surface area (Å²) >= 11 is 0. The van der Waals surface area contributed by atoms with E-state index in [-0.39, 0.29) is 17.0 Å². The van der Waals surface area contributed by atoms with Crippen LogP contribution in [0, 0.1) is 0 Å². The molecule has 0 N–H and O–H groups in total. The van der Waals surface area contributed by atoms with Gasteiger partial charge in [-0.15, -0.1) is 0 Å². The summed E-state index contributed by atoms with van der Waals surface area (Å²) in [5.41, 5.74) is 0.225. The number of hydrogen-bond acceptors (Lipinski definition) is 4. The Labute approximate surface area is 192 Å². The second kappa shape index (κ2) is 8.71. The van der Waals surface area contributed by atoms with Crippen LogP contribution >= 0.6 is 0 Å². The number of urea groups is 1. The van der Waals surface area contributed by atoms with Gasteiger partial charge in [0.15, 0.2) is 8.32 Å². The number of imide groups is 1. The van der Waals surface area contributed by atoms with E-state index in [4.69, 9.17) is 9.16 Å². The molecule has 3 rings (SSSR count). The molecule has 6 nitrogen and oxygen atoms in total. The number of amides is 3. The first-order valence-corrected chi connectivity index (χ1v) is 13.9. The third-order valence-electron chi connectivity index (χ3n) is 6.40. The van der Waals surface area contributed by atoms with Gasteiger partial charge in [-0.3, -0.25) is 9.69 Å². The number of carbonyl (C=O) groups excluding carboxylic acids is 2. The maximum absolute atomic E-state index is 13.2. The minimum atomic E-state index is -1.80. The zero-order chi connectivity index (χ0) is 23.7. The van der Waals surface area contributed by atoms with Crippen molar-refractivity contribution < 1.29 is 18.8 Å². The zero-order valence-electron chi connectivity index (χ0n) is 20.1. The fourth-order valence-corrected chi connectivity index (χ4v) is 4.42. The molecule has 1 aliphatic heterocycles. The molecule has 0 aliphatic carbocycles. The smallest absolute Gasteiger partial charge is 0.336 e. The molecular formula is C25H34N2O4Si. The molecule has 7 heteroatoms. The lowest BCUT2D eigenvalue weighted by atomic mass is 10.0. The maximum atomic E-state index is 13.2. The summed E-state index contributed by atoms with van der Waals surface area (Å²) < 4.78 is 12.0. The Morgan fingerprint density at radius 3 is 2.03 bits per heavy atom. The molecule has 0 atom stereocenters. The molecule has 0 saturated carbocycles. The number of hydrogen-bond donors (Lipinski definition) is 0. The van der Waals surface area contributed by atoms with Gasteiger partial charge in [-0.25, -0.2) is 9.69 Å². The van der Waals surface area contributed by atoms with E-state index in [1.807, 2.05) is 42.5 Å². The highest BCUT2D eigenvalue weighted by Gasteiger charge is 2.52. The second-order valence-electron chi connectivity index (χ2n) is 10.1. The minimum Gasteiger partial charge on any atom is -0.491 e. The van der Waals surface area contributed by atoms with Crippen molar-refractivity contribution in [1.82, 2.24) is 0 Å². The first kappa shape index (κ1) is 24.0. The van der Waals surface area contributed by atoms with E-state index in [0.29, 0.717) is 30.3 Å². The fourth-order valence-electron chi connectivity index (χ4n) is 3.40. The molecular weight excluding hydrogens is 420 g/mol. The van der Waals surface area contributed by atoms with E-state index in [2.05, 4.69) is 33.9 Å². The number of anilines is 2. The van der Waals surface area contributed by atoms with Crippen LogP contribution in [0.1, 0.15) is 34.6 Å². The molecule has 2 aromatic carbocycles. The molecule has 172 valence electrons. The molecule has 0 spiro atoms. The topological polar surface area (TPSA) is 59.1 Å². The Morgan fingerprint density at radius 1 is 0.875 bits per heavy atom. The number of benzene rings is 2.